The van der Waals surface area contributed by atoms with Gasteiger partial charge in [0.05, 0.1) is 10.2 Å². The highest BCUT2D eigenvalue weighted by Crippen LogP contribution is 2.41. The van der Waals surface area contributed by atoms with Crippen LogP contribution in [0.1, 0.15) is 49.2 Å². The largest absolute Gasteiger partial charge is 0.303 e. The highest BCUT2D eigenvalue weighted by molar-refractivity contribution is 9.10. The van der Waals surface area contributed by atoms with Crippen molar-refractivity contribution in [3.63, 3.8) is 0 Å². The van der Waals surface area contributed by atoms with Gasteiger partial charge in [0.1, 0.15) is 4.88 Å². The number of ketones is 1. The fourth-order valence-corrected chi connectivity index (χ4v) is 4.10. The van der Waals surface area contributed by atoms with Crippen molar-refractivity contribution < 1.29 is 9.59 Å². The van der Waals surface area contributed by atoms with Crippen molar-refractivity contribution in [2.45, 2.75) is 39.5 Å². The molecule has 0 saturated carbocycles. The van der Waals surface area contributed by atoms with Gasteiger partial charge >= 0.3 is 0 Å². The van der Waals surface area contributed by atoms with Crippen LogP contribution in [0, 0.1) is 5.92 Å². The maximum atomic E-state index is 12.1. The monoisotopic (exact) mass is 343 g/mol. The Hall–Kier alpha value is -0.680. The van der Waals surface area contributed by atoms with Gasteiger partial charge < -0.3 is 4.90 Å². The molecule has 0 radical (unpaired) electrons. The van der Waals surface area contributed by atoms with Crippen molar-refractivity contribution >= 4 is 44.6 Å². The quantitative estimate of drug-likeness (QED) is 0.723. The first-order chi connectivity index (χ1) is 9.10. The molecule has 1 aromatic heterocycles. The standard InChI is InChI=1S/C14H18BrNO2S/c1-3-5-6-9(4-2)7-16-11-10(15)8-19-13(11)12(17)14(16)18/h8-9H,3-7H2,1-2H3. The zero-order valence-corrected chi connectivity index (χ0v) is 13.6. The number of Topliss-reactive ketones (excluding diaryl/α,β-unsaturated/α-hetero) is 1. The number of carbonyl (C=O) groups excluding carboxylic acids is 2. The number of anilines is 1. The fourth-order valence-electron chi connectivity index (χ4n) is 2.41. The summed E-state index contributed by atoms with van der Waals surface area (Å²) in [4.78, 5) is 26.2. The smallest absolute Gasteiger partial charge is 0.300 e. The highest BCUT2D eigenvalue weighted by Gasteiger charge is 2.39. The van der Waals surface area contributed by atoms with Gasteiger partial charge in [-0.2, -0.15) is 0 Å². The Morgan fingerprint density at radius 2 is 2.11 bits per heavy atom. The molecule has 1 amide bonds. The van der Waals surface area contributed by atoms with Gasteiger partial charge in [-0.1, -0.05) is 33.1 Å². The zero-order valence-electron chi connectivity index (χ0n) is 11.2. The van der Waals surface area contributed by atoms with Gasteiger partial charge in [-0.3, -0.25) is 9.59 Å². The maximum absolute atomic E-state index is 12.1. The number of carbonyl (C=O) groups is 2. The van der Waals surface area contributed by atoms with Gasteiger partial charge in [-0.25, -0.2) is 0 Å². The lowest BCUT2D eigenvalue weighted by Gasteiger charge is -2.23. The van der Waals surface area contributed by atoms with Crippen molar-refractivity contribution in [2.75, 3.05) is 11.4 Å². The van der Waals surface area contributed by atoms with Crippen molar-refractivity contribution in [1.29, 1.82) is 0 Å². The van der Waals surface area contributed by atoms with Crippen molar-refractivity contribution in [2.24, 2.45) is 5.92 Å². The normalized spacial score (nSPS) is 16.1. The molecule has 0 N–H and O–H groups in total. The minimum absolute atomic E-state index is 0.351. The summed E-state index contributed by atoms with van der Waals surface area (Å²) in [6.07, 6.45) is 4.49. The second-order valence-electron chi connectivity index (χ2n) is 4.92. The topological polar surface area (TPSA) is 37.4 Å². The molecule has 1 aliphatic heterocycles. The fraction of sp³-hybridized carbons (Fsp3) is 0.571. The van der Waals surface area contributed by atoms with Gasteiger partial charge in [-0.05, 0) is 28.3 Å². The average Bonchev–Trinajstić information content (AvgIpc) is 2.89. The molecular weight excluding hydrogens is 326 g/mol. The van der Waals surface area contributed by atoms with Gasteiger partial charge in [0.25, 0.3) is 11.7 Å². The van der Waals surface area contributed by atoms with Crippen LogP contribution in [0.25, 0.3) is 0 Å². The Balaban J connectivity index is 2.18. The van der Waals surface area contributed by atoms with Gasteiger partial charge in [0, 0.05) is 11.9 Å². The predicted molar refractivity (Wildman–Crippen MR) is 82.0 cm³/mol. The molecule has 1 aromatic rings. The second kappa shape index (κ2) is 6.18. The van der Waals surface area contributed by atoms with E-state index in [1.54, 1.807) is 4.90 Å². The first kappa shape index (κ1) is 14.7. The summed E-state index contributed by atoms with van der Waals surface area (Å²) < 4.78 is 0.858. The lowest BCUT2D eigenvalue weighted by Crippen LogP contribution is -2.34. The molecule has 2 heterocycles. The van der Waals surface area contributed by atoms with Crippen LogP contribution in [-0.4, -0.2) is 18.2 Å². The Morgan fingerprint density at radius 1 is 1.37 bits per heavy atom. The minimum atomic E-state index is -0.363. The number of amides is 1. The summed E-state index contributed by atoms with van der Waals surface area (Å²) in [7, 11) is 0. The molecule has 1 atom stereocenters. The van der Waals surface area contributed by atoms with Crippen molar-refractivity contribution in [1.82, 2.24) is 0 Å². The van der Waals surface area contributed by atoms with Crippen LogP contribution in [0.3, 0.4) is 0 Å². The lowest BCUT2D eigenvalue weighted by atomic mass is 9.99. The van der Waals surface area contributed by atoms with Crippen LogP contribution in [0.15, 0.2) is 9.85 Å². The summed E-state index contributed by atoms with van der Waals surface area (Å²) in [5.41, 5.74) is 0.787. The molecule has 2 rings (SSSR count). The number of unbranched alkanes of at least 4 members (excludes halogenated alkanes) is 1. The molecule has 0 spiro atoms. The van der Waals surface area contributed by atoms with Gasteiger partial charge in [-0.15, -0.1) is 11.3 Å². The van der Waals surface area contributed by atoms with E-state index in [1.165, 1.54) is 17.8 Å². The van der Waals surface area contributed by atoms with E-state index in [1.807, 2.05) is 5.38 Å². The number of halogens is 1. The molecule has 3 nitrogen and oxygen atoms in total. The Kier molecular flexibility index (Phi) is 4.79. The Morgan fingerprint density at radius 3 is 2.74 bits per heavy atom. The Bertz CT molecular complexity index is 498. The molecule has 0 aliphatic carbocycles. The number of hydrogen-bond donors (Lipinski definition) is 0. The summed E-state index contributed by atoms with van der Waals surface area (Å²) >= 11 is 4.79. The van der Waals surface area contributed by atoms with Crippen LogP contribution in [-0.2, 0) is 4.79 Å². The number of rotatable bonds is 6. The average molecular weight is 344 g/mol. The molecule has 1 unspecified atom stereocenters. The van der Waals surface area contributed by atoms with E-state index in [4.69, 9.17) is 0 Å². The molecule has 1 aliphatic rings. The van der Waals surface area contributed by atoms with Crippen LogP contribution in [0.2, 0.25) is 0 Å². The second-order valence-corrected chi connectivity index (χ2v) is 6.66. The molecular formula is C14H18BrNO2S. The predicted octanol–water partition coefficient (Wildman–Crippen LogP) is 4.26. The lowest BCUT2D eigenvalue weighted by molar-refractivity contribution is -0.114. The third kappa shape index (κ3) is 2.77. The van der Waals surface area contributed by atoms with Crippen LogP contribution < -0.4 is 4.90 Å². The number of hydrogen-bond acceptors (Lipinski definition) is 3. The first-order valence-corrected chi connectivity index (χ1v) is 8.40. The van der Waals surface area contributed by atoms with Crippen LogP contribution in [0.4, 0.5) is 5.69 Å². The molecule has 5 heteroatoms. The summed E-state index contributed by atoms with van der Waals surface area (Å²) in [5.74, 6) is -0.247. The molecule has 19 heavy (non-hydrogen) atoms. The third-order valence-corrected chi connectivity index (χ3v) is 5.50. The summed E-state index contributed by atoms with van der Waals surface area (Å²) in [6.45, 7) is 4.97. The van der Waals surface area contributed by atoms with Crippen LogP contribution in [0.5, 0.6) is 0 Å². The van der Waals surface area contributed by atoms with E-state index >= 15 is 0 Å². The summed E-state index contributed by atoms with van der Waals surface area (Å²) in [6, 6.07) is 0. The van der Waals surface area contributed by atoms with Gasteiger partial charge in [0.15, 0.2) is 0 Å². The van der Waals surface area contributed by atoms with E-state index in [0.717, 1.165) is 29.4 Å². The first-order valence-electron chi connectivity index (χ1n) is 6.73. The van der Waals surface area contributed by atoms with Crippen molar-refractivity contribution in [3.05, 3.63) is 14.7 Å². The minimum Gasteiger partial charge on any atom is -0.303 e. The Labute approximate surface area is 126 Å². The van der Waals surface area contributed by atoms with E-state index < -0.39 is 0 Å². The highest BCUT2D eigenvalue weighted by atomic mass is 79.9. The van der Waals surface area contributed by atoms with E-state index in [0.29, 0.717) is 17.3 Å². The SMILES string of the molecule is CCCCC(CC)CN1C(=O)C(=O)c2scc(Br)c21. The van der Waals surface area contributed by atoms with E-state index in [2.05, 4.69) is 29.8 Å². The molecule has 0 bridgehead atoms. The molecule has 0 saturated heterocycles. The summed E-state index contributed by atoms with van der Waals surface area (Å²) in [5, 5.41) is 1.88. The molecule has 0 aromatic carbocycles. The molecule has 104 valence electrons. The zero-order chi connectivity index (χ0) is 14.0. The van der Waals surface area contributed by atoms with E-state index in [-0.39, 0.29) is 11.7 Å². The van der Waals surface area contributed by atoms with E-state index in [9.17, 15) is 9.59 Å². The van der Waals surface area contributed by atoms with Gasteiger partial charge in [0.2, 0.25) is 0 Å². The number of fused-ring (bicyclic) bond motifs is 1. The number of nitrogens with zero attached hydrogens (tertiary/aromatic N) is 1. The molecule has 0 fully saturated rings. The third-order valence-electron chi connectivity index (χ3n) is 3.62. The van der Waals surface area contributed by atoms with Crippen molar-refractivity contribution in [3.8, 4) is 0 Å². The maximum Gasteiger partial charge on any atom is 0.300 e. The number of thiophene rings is 1. The van der Waals surface area contributed by atoms with Crippen LogP contribution >= 0.6 is 27.3 Å².